The molecule has 7 nitrogen and oxygen atoms in total. The summed E-state index contributed by atoms with van der Waals surface area (Å²) in [7, 11) is 0. The molecule has 0 unspecified atom stereocenters. The van der Waals surface area contributed by atoms with Gasteiger partial charge < -0.3 is 4.74 Å². The van der Waals surface area contributed by atoms with Gasteiger partial charge in [-0.25, -0.2) is 4.98 Å². The Hall–Kier alpha value is -3.00. The Bertz CT molecular complexity index is 947. The van der Waals surface area contributed by atoms with E-state index in [1.165, 1.54) is 23.5 Å². The number of nitro benzene ring substituents is 1. The number of para-hydroxylation sites is 1. The van der Waals surface area contributed by atoms with Gasteiger partial charge in [-0.1, -0.05) is 29.5 Å². The van der Waals surface area contributed by atoms with Crippen LogP contribution in [0.2, 0.25) is 0 Å². The van der Waals surface area contributed by atoms with Crippen LogP contribution in [0.25, 0.3) is 10.2 Å². The molecule has 0 spiro atoms. The van der Waals surface area contributed by atoms with Crippen molar-refractivity contribution >= 4 is 38.3 Å². The summed E-state index contributed by atoms with van der Waals surface area (Å²) in [5.74, 6) is 0.355. The average molecular weight is 357 g/mol. The molecule has 128 valence electrons. The fraction of sp³-hybridized carbons (Fsp3) is 0.176. The lowest BCUT2D eigenvalue weighted by Gasteiger charge is -2.11. The molecule has 8 heteroatoms. The maximum absolute atomic E-state index is 12.1. The number of benzene rings is 2. The van der Waals surface area contributed by atoms with E-state index in [9.17, 15) is 14.9 Å². The van der Waals surface area contributed by atoms with E-state index in [1.807, 2.05) is 32.0 Å². The van der Waals surface area contributed by atoms with Gasteiger partial charge in [-0.15, -0.1) is 0 Å². The average Bonchev–Trinajstić information content (AvgIpc) is 2.95. The van der Waals surface area contributed by atoms with Gasteiger partial charge in [0.05, 0.1) is 15.1 Å². The summed E-state index contributed by atoms with van der Waals surface area (Å²) < 4.78 is 6.24. The van der Waals surface area contributed by atoms with E-state index in [0.29, 0.717) is 21.1 Å². The zero-order valence-electron chi connectivity index (χ0n) is 13.6. The molecule has 1 heterocycles. The Morgan fingerprint density at radius 3 is 2.68 bits per heavy atom. The number of anilines is 1. The van der Waals surface area contributed by atoms with Gasteiger partial charge in [0, 0.05) is 12.1 Å². The van der Waals surface area contributed by atoms with Crippen LogP contribution in [0.1, 0.15) is 11.1 Å². The number of non-ortho nitro benzene ring substituents is 1. The molecule has 0 radical (unpaired) electrons. The minimum atomic E-state index is -0.463. The molecule has 0 saturated heterocycles. The summed E-state index contributed by atoms with van der Waals surface area (Å²) in [5, 5.41) is 13.9. The van der Waals surface area contributed by atoms with Crippen LogP contribution < -0.4 is 10.1 Å². The molecule has 0 atom stereocenters. The normalized spacial score (nSPS) is 10.6. The van der Waals surface area contributed by atoms with Crippen LogP contribution in [-0.4, -0.2) is 22.4 Å². The molecule has 2 aromatic carbocycles. The summed E-state index contributed by atoms with van der Waals surface area (Å²) >= 11 is 1.18. The summed E-state index contributed by atoms with van der Waals surface area (Å²) in [4.78, 5) is 26.7. The van der Waals surface area contributed by atoms with Crippen LogP contribution in [0.3, 0.4) is 0 Å². The topological polar surface area (TPSA) is 94.4 Å². The predicted molar refractivity (Wildman–Crippen MR) is 96.3 cm³/mol. The number of thiazole rings is 1. The van der Waals surface area contributed by atoms with Gasteiger partial charge in [-0.05, 0) is 31.0 Å². The molecule has 0 aliphatic heterocycles. The maximum atomic E-state index is 12.1. The van der Waals surface area contributed by atoms with E-state index >= 15 is 0 Å². The number of aromatic nitrogens is 1. The number of nitrogens with zero attached hydrogens (tertiary/aromatic N) is 2. The van der Waals surface area contributed by atoms with Gasteiger partial charge in [0.1, 0.15) is 5.75 Å². The third kappa shape index (κ3) is 3.74. The van der Waals surface area contributed by atoms with Crippen molar-refractivity contribution in [3.8, 4) is 5.75 Å². The van der Waals surface area contributed by atoms with Crippen molar-refractivity contribution in [1.82, 2.24) is 4.98 Å². The molecule has 0 saturated carbocycles. The quantitative estimate of drug-likeness (QED) is 0.553. The SMILES string of the molecule is Cc1cccc(C)c1OCC(=O)Nc1nc2ccc([N+](=O)[O-])cc2s1. The van der Waals surface area contributed by atoms with E-state index in [2.05, 4.69) is 10.3 Å². The van der Waals surface area contributed by atoms with Crippen molar-refractivity contribution in [2.75, 3.05) is 11.9 Å². The van der Waals surface area contributed by atoms with Gasteiger partial charge >= 0.3 is 0 Å². The molecule has 0 aliphatic carbocycles. The van der Waals surface area contributed by atoms with Crippen LogP contribution >= 0.6 is 11.3 Å². The van der Waals surface area contributed by atoms with E-state index in [-0.39, 0.29) is 18.2 Å². The third-order valence-corrected chi connectivity index (χ3v) is 4.52. The highest BCUT2D eigenvalue weighted by molar-refractivity contribution is 7.22. The van der Waals surface area contributed by atoms with E-state index in [1.54, 1.807) is 6.07 Å². The maximum Gasteiger partial charge on any atom is 0.270 e. The third-order valence-electron chi connectivity index (χ3n) is 3.59. The molecule has 0 fully saturated rings. The van der Waals surface area contributed by atoms with Crippen molar-refractivity contribution in [3.05, 3.63) is 57.6 Å². The van der Waals surface area contributed by atoms with Crippen molar-refractivity contribution in [1.29, 1.82) is 0 Å². The highest BCUT2D eigenvalue weighted by Crippen LogP contribution is 2.29. The first-order valence-electron chi connectivity index (χ1n) is 7.48. The Morgan fingerprint density at radius 1 is 1.28 bits per heavy atom. The first-order chi connectivity index (χ1) is 11.9. The number of rotatable bonds is 5. The minimum absolute atomic E-state index is 0.00705. The zero-order valence-corrected chi connectivity index (χ0v) is 14.4. The summed E-state index contributed by atoms with van der Waals surface area (Å²) in [6, 6.07) is 10.2. The van der Waals surface area contributed by atoms with E-state index in [4.69, 9.17) is 4.74 Å². The van der Waals surface area contributed by atoms with Crippen molar-refractivity contribution in [3.63, 3.8) is 0 Å². The second-order valence-corrected chi connectivity index (χ2v) is 6.52. The molecule has 0 bridgehead atoms. The molecule has 1 N–H and O–H groups in total. The highest BCUT2D eigenvalue weighted by Gasteiger charge is 2.13. The lowest BCUT2D eigenvalue weighted by atomic mass is 10.1. The first kappa shape index (κ1) is 16.8. The minimum Gasteiger partial charge on any atom is -0.483 e. The largest absolute Gasteiger partial charge is 0.483 e. The fourth-order valence-electron chi connectivity index (χ4n) is 2.40. The fourth-order valence-corrected chi connectivity index (χ4v) is 3.32. The lowest BCUT2D eigenvalue weighted by molar-refractivity contribution is -0.384. The van der Waals surface area contributed by atoms with Gasteiger partial charge in [0.15, 0.2) is 11.7 Å². The van der Waals surface area contributed by atoms with Crippen LogP contribution in [0.15, 0.2) is 36.4 Å². The highest BCUT2D eigenvalue weighted by atomic mass is 32.1. The summed E-state index contributed by atoms with van der Waals surface area (Å²) in [5.41, 5.74) is 2.51. The number of aryl methyl sites for hydroxylation is 2. The summed E-state index contributed by atoms with van der Waals surface area (Å²) in [6.07, 6.45) is 0. The van der Waals surface area contributed by atoms with Gasteiger partial charge in [0.2, 0.25) is 0 Å². The smallest absolute Gasteiger partial charge is 0.270 e. The lowest BCUT2D eigenvalue weighted by Crippen LogP contribution is -2.20. The Morgan fingerprint density at radius 2 is 2.00 bits per heavy atom. The van der Waals surface area contributed by atoms with Crippen molar-refractivity contribution in [2.45, 2.75) is 13.8 Å². The number of hydrogen-bond acceptors (Lipinski definition) is 6. The van der Waals surface area contributed by atoms with Crippen LogP contribution in [0.4, 0.5) is 10.8 Å². The molecular weight excluding hydrogens is 342 g/mol. The molecule has 0 aliphatic rings. The number of fused-ring (bicyclic) bond motifs is 1. The first-order valence-corrected chi connectivity index (χ1v) is 8.29. The Labute approximate surface area is 147 Å². The van der Waals surface area contributed by atoms with Gasteiger partial charge in [-0.2, -0.15) is 0 Å². The molecule has 1 amide bonds. The number of nitrogens with one attached hydrogen (secondary N) is 1. The van der Waals surface area contributed by atoms with Gasteiger partial charge in [-0.3, -0.25) is 20.2 Å². The van der Waals surface area contributed by atoms with Crippen LogP contribution in [-0.2, 0) is 4.79 Å². The van der Waals surface area contributed by atoms with E-state index in [0.717, 1.165) is 11.1 Å². The molecular formula is C17H15N3O4S. The number of nitro groups is 1. The standard InChI is InChI=1S/C17H15N3O4S/c1-10-4-3-5-11(2)16(10)24-9-15(21)19-17-18-13-7-6-12(20(22)23)8-14(13)25-17/h3-8H,9H2,1-2H3,(H,18,19,21). The number of carbonyl (C=O) groups excluding carboxylic acids is 1. The molecule has 3 aromatic rings. The number of ether oxygens (including phenoxy) is 1. The number of hydrogen-bond donors (Lipinski definition) is 1. The number of amides is 1. The Kier molecular flexibility index (Phi) is 4.62. The Balaban J connectivity index is 1.68. The molecule has 1 aromatic heterocycles. The van der Waals surface area contributed by atoms with Crippen LogP contribution in [0.5, 0.6) is 5.75 Å². The summed E-state index contributed by atoms with van der Waals surface area (Å²) in [6.45, 7) is 3.70. The van der Waals surface area contributed by atoms with E-state index < -0.39 is 4.92 Å². The molecule has 3 rings (SSSR count). The zero-order chi connectivity index (χ0) is 18.0. The van der Waals surface area contributed by atoms with Crippen LogP contribution in [0, 0.1) is 24.0 Å². The van der Waals surface area contributed by atoms with Gasteiger partial charge in [0.25, 0.3) is 11.6 Å². The predicted octanol–water partition coefficient (Wildman–Crippen LogP) is 3.84. The second kappa shape index (κ2) is 6.86. The second-order valence-electron chi connectivity index (χ2n) is 5.49. The monoisotopic (exact) mass is 357 g/mol. The number of carbonyl (C=O) groups is 1. The molecule has 25 heavy (non-hydrogen) atoms. The van der Waals surface area contributed by atoms with Crippen molar-refractivity contribution < 1.29 is 14.5 Å². The van der Waals surface area contributed by atoms with Crippen molar-refractivity contribution in [2.24, 2.45) is 0 Å².